The third-order valence-corrected chi connectivity index (χ3v) is 10.4. The summed E-state index contributed by atoms with van der Waals surface area (Å²) in [6.07, 6.45) is -1.16. The predicted octanol–water partition coefficient (Wildman–Crippen LogP) is 5.62. The number of hydrogen-bond donors (Lipinski definition) is 3. The van der Waals surface area contributed by atoms with Crippen LogP contribution >= 0.6 is 22.6 Å². The summed E-state index contributed by atoms with van der Waals surface area (Å²) < 4.78 is 74.7. The molecule has 0 atom stereocenters. The third-order valence-electron chi connectivity index (χ3n) is 6.46. The van der Waals surface area contributed by atoms with Gasteiger partial charge in [-0.15, -0.1) is 0 Å². The van der Waals surface area contributed by atoms with Crippen LogP contribution in [0.2, 0.25) is 0 Å². The molecule has 0 aromatic heterocycles. The lowest BCUT2D eigenvalue weighted by Gasteiger charge is -2.22. The number of methoxy groups -OCH3 is 2. The van der Waals surface area contributed by atoms with Crippen LogP contribution in [0, 0.1) is 27.7 Å². The molecule has 51 heavy (non-hydrogen) atoms. The Balaban J connectivity index is 0.000000935. The summed E-state index contributed by atoms with van der Waals surface area (Å²) in [5.74, 6) is 1.22. The fourth-order valence-electron chi connectivity index (χ4n) is 4.53. The number of carbonyl (C=O) groups is 2. The van der Waals surface area contributed by atoms with Crippen molar-refractivity contribution in [1.82, 2.24) is 19.7 Å². The van der Waals surface area contributed by atoms with Crippen molar-refractivity contribution in [3.05, 3.63) is 46.5 Å². The molecule has 3 N–H and O–H groups in total. The second kappa shape index (κ2) is 21.0. The normalized spacial score (nSPS) is 11.7. The molecule has 0 aliphatic carbocycles. The molecular formula is C34H57IN4O10S2. The van der Waals surface area contributed by atoms with Gasteiger partial charge < -0.3 is 29.6 Å². The van der Waals surface area contributed by atoms with E-state index in [1.165, 1.54) is 25.6 Å². The van der Waals surface area contributed by atoms with Crippen LogP contribution in [-0.4, -0.2) is 96.9 Å². The lowest BCUT2D eigenvalue weighted by Crippen LogP contribution is -2.39. The third kappa shape index (κ3) is 17.0. The van der Waals surface area contributed by atoms with Crippen LogP contribution in [0.5, 0.6) is 11.5 Å². The molecule has 0 aliphatic rings. The Bertz CT molecular complexity index is 1620. The molecule has 292 valence electrons. The molecule has 2 amide bonds. The van der Waals surface area contributed by atoms with Crippen molar-refractivity contribution in [2.24, 2.45) is 0 Å². The monoisotopic (exact) mass is 872 g/mol. The second-order valence-corrected chi connectivity index (χ2v) is 16.9. The molecule has 2 aromatic rings. The first-order valence-electron chi connectivity index (χ1n) is 15.9. The first-order valence-corrected chi connectivity index (χ1v) is 21.0. The first kappa shape index (κ1) is 48.1. The molecule has 17 heteroatoms. The zero-order chi connectivity index (χ0) is 40.0. The van der Waals surface area contributed by atoms with Gasteiger partial charge in [-0.25, -0.2) is 31.1 Å². The minimum absolute atomic E-state index is 0.0620. The number of hydrogen-bond acceptors (Lipinski definition) is 10. The first-order chi connectivity index (χ1) is 23.3. The fourth-order valence-corrected chi connectivity index (χ4v) is 7.59. The molecule has 0 spiro atoms. The number of sulfonamides is 2. The average Bonchev–Trinajstić information content (AvgIpc) is 2.97. The van der Waals surface area contributed by atoms with E-state index in [0.29, 0.717) is 33.8 Å². The van der Waals surface area contributed by atoms with Gasteiger partial charge in [-0.05, 0) is 121 Å². The number of alkyl carbamates (subject to hydrolysis) is 2. The number of carbonyl (C=O) groups excluding carboxylic acids is 2. The number of rotatable bonds is 12. The number of nitrogens with zero attached hydrogens (tertiary/aromatic N) is 1. The average molecular weight is 873 g/mol. The van der Waals surface area contributed by atoms with E-state index < -0.39 is 43.4 Å². The number of halogens is 1. The smallest absolute Gasteiger partial charge is 0.407 e. The van der Waals surface area contributed by atoms with Crippen molar-refractivity contribution in [3.63, 3.8) is 0 Å². The van der Waals surface area contributed by atoms with E-state index in [0.717, 1.165) is 0 Å². The molecule has 2 rings (SSSR count). The quantitative estimate of drug-likeness (QED) is 0.138. The minimum Gasteiger partial charge on any atom is -0.497 e. The van der Waals surface area contributed by atoms with Crippen LogP contribution in [0.15, 0.2) is 34.1 Å². The van der Waals surface area contributed by atoms with Crippen LogP contribution in [-0.2, 0) is 29.5 Å². The van der Waals surface area contributed by atoms with Gasteiger partial charge in [0.2, 0.25) is 20.0 Å². The lowest BCUT2D eigenvalue weighted by atomic mass is 10.1. The van der Waals surface area contributed by atoms with Gasteiger partial charge in [0.15, 0.2) is 0 Å². The maximum atomic E-state index is 12.8. The van der Waals surface area contributed by atoms with E-state index in [9.17, 15) is 26.4 Å². The predicted molar refractivity (Wildman–Crippen MR) is 208 cm³/mol. The Kier molecular flexibility index (Phi) is 19.8. The van der Waals surface area contributed by atoms with E-state index in [4.69, 9.17) is 18.9 Å². The van der Waals surface area contributed by atoms with E-state index in [-0.39, 0.29) is 36.0 Å². The van der Waals surface area contributed by atoms with E-state index in [1.807, 2.05) is 4.93 Å². The molecule has 0 bridgehead atoms. The summed E-state index contributed by atoms with van der Waals surface area (Å²) in [5.41, 5.74) is 1.23. The van der Waals surface area contributed by atoms with Crippen LogP contribution in [0.1, 0.15) is 63.8 Å². The van der Waals surface area contributed by atoms with Gasteiger partial charge in [-0.3, -0.25) is 0 Å². The highest BCUT2D eigenvalue weighted by Crippen LogP contribution is 2.28. The van der Waals surface area contributed by atoms with Gasteiger partial charge >= 0.3 is 12.2 Å². The van der Waals surface area contributed by atoms with Gasteiger partial charge in [0.05, 0.1) is 24.0 Å². The number of likely N-dealkylation sites (N-methyl/N-ethyl adjacent to an activating group) is 1. The summed E-state index contributed by atoms with van der Waals surface area (Å²) >= 11 is 2.15. The molecule has 0 radical (unpaired) electrons. The fraction of sp³-hybridized carbons (Fsp3) is 0.588. The lowest BCUT2D eigenvalue weighted by molar-refractivity contribution is 0.0516. The van der Waals surface area contributed by atoms with Crippen molar-refractivity contribution in [2.45, 2.75) is 90.2 Å². The Morgan fingerprint density at radius 2 is 1.02 bits per heavy atom. The summed E-state index contributed by atoms with van der Waals surface area (Å²) in [4.78, 5) is 25.6. The molecular weight excluding hydrogens is 815 g/mol. The Hall–Kier alpha value is -2.87. The minimum atomic E-state index is -3.68. The van der Waals surface area contributed by atoms with Gasteiger partial charge in [0.25, 0.3) is 0 Å². The highest BCUT2D eigenvalue weighted by atomic mass is 127. The summed E-state index contributed by atoms with van der Waals surface area (Å²) in [6, 6.07) is 6.71. The van der Waals surface area contributed by atoms with Gasteiger partial charge in [0, 0.05) is 33.2 Å². The highest BCUT2D eigenvalue weighted by Gasteiger charge is 2.26. The number of alkyl halides is 1. The number of nitrogens with one attached hydrogen (secondary N) is 3. The van der Waals surface area contributed by atoms with E-state index in [1.54, 1.807) is 93.5 Å². The molecule has 0 heterocycles. The van der Waals surface area contributed by atoms with Crippen LogP contribution in [0.25, 0.3) is 0 Å². The van der Waals surface area contributed by atoms with Gasteiger partial charge in [-0.2, -0.15) is 4.31 Å². The number of aryl methyl sites for hydroxylation is 4. The highest BCUT2D eigenvalue weighted by molar-refractivity contribution is 14.1. The topological polar surface area (TPSA) is 179 Å². The van der Waals surface area contributed by atoms with E-state index >= 15 is 0 Å². The molecule has 0 fully saturated rings. The van der Waals surface area contributed by atoms with E-state index in [2.05, 4.69) is 37.9 Å². The number of ether oxygens (including phenoxy) is 4. The summed E-state index contributed by atoms with van der Waals surface area (Å²) in [5, 5.41) is 5.06. The molecule has 0 saturated carbocycles. The summed E-state index contributed by atoms with van der Waals surface area (Å²) in [7, 11) is -2.80. The van der Waals surface area contributed by atoms with Crippen molar-refractivity contribution in [3.8, 4) is 11.5 Å². The molecule has 0 aliphatic heterocycles. The molecule has 14 nitrogen and oxygen atoms in total. The summed E-state index contributed by atoms with van der Waals surface area (Å²) in [6.45, 7) is 17.9. The van der Waals surface area contributed by atoms with Crippen molar-refractivity contribution in [2.75, 3.05) is 52.4 Å². The molecule has 0 unspecified atom stereocenters. The maximum absolute atomic E-state index is 12.8. The zero-order valence-electron chi connectivity index (χ0n) is 32.4. The molecule has 0 saturated heterocycles. The van der Waals surface area contributed by atoms with Crippen molar-refractivity contribution in [1.29, 1.82) is 0 Å². The Morgan fingerprint density at radius 3 is 1.37 bits per heavy atom. The second-order valence-electron chi connectivity index (χ2n) is 13.3. The standard InChI is InChI=1S/C17H28N2O5S.C16H26N2O5S.CH3I/c1-12-10-14(23-7)11-13(2)15(12)25(21,22)19(6)9-8-18-16(20)24-17(3,4)5;1-11-9-13(22-6)10-12(2)14(11)24(20,21)18-8-7-17-15(19)23-16(3,4)5;1-2/h10-11H,8-9H2,1-7H3,(H,18,20);9-10,18H,7-8H2,1-6H3,(H,17,19);1H3. The van der Waals surface area contributed by atoms with Crippen LogP contribution < -0.4 is 24.8 Å². The van der Waals surface area contributed by atoms with Crippen LogP contribution in [0.4, 0.5) is 9.59 Å². The van der Waals surface area contributed by atoms with Crippen LogP contribution in [0.3, 0.4) is 0 Å². The Labute approximate surface area is 318 Å². The number of amides is 2. The zero-order valence-corrected chi connectivity index (χ0v) is 36.2. The van der Waals surface area contributed by atoms with Gasteiger partial charge in [-0.1, -0.05) is 22.6 Å². The van der Waals surface area contributed by atoms with Crippen molar-refractivity contribution < 1.29 is 45.4 Å². The molecule has 2 aromatic carbocycles. The Morgan fingerprint density at radius 1 is 0.667 bits per heavy atom. The van der Waals surface area contributed by atoms with Crippen molar-refractivity contribution >= 4 is 54.8 Å². The SMILES string of the molecule is CI.COc1cc(C)c(S(=O)(=O)N(C)CCNC(=O)OC(C)(C)C)c(C)c1.COc1cc(C)c(S(=O)(=O)NCCNC(=O)OC(C)(C)C)c(C)c1. The maximum Gasteiger partial charge on any atom is 0.407 e. The largest absolute Gasteiger partial charge is 0.497 e. The number of benzene rings is 2. The van der Waals surface area contributed by atoms with Gasteiger partial charge in [0.1, 0.15) is 22.7 Å².